The molecule has 4 rings (SSSR count). The number of pyridine rings is 2. The largest absolute Gasteiger partial charge is 0.377 e. The molecular formula is C20H25N3O. The fraction of sp³-hybridized carbons (Fsp3) is 0.500. The van der Waals surface area contributed by atoms with E-state index in [1.807, 2.05) is 30.7 Å². The molecule has 2 aromatic rings. The highest BCUT2D eigenvalue weighted by Crippen LogP contribution is 2.42. The molecule has 0 aliphatic carbocycles. The predicted octanol–water partition coefficient (Wildman–Crippen LogP) is 3.09. The molecule has 0 bridgehead atoms. The number of hydrogen-bond donors (Lipinski definition) is 0. The number of nitrogens with zero attached hydrogens (tertiary/aromatic N) is 3. The summed E-state index contributed by atoms with van der Waals surface area (Å²) in [5.74, 6) is 0. The Bertz CT molecular complexity index is 638. The lowest BCUT2D eigenvalue weighted by molar-refractivity contribution is 0.0628. The summed E-state index contributed by atoms with van der Waals surface area (Å²) in [4.78, 5) is 11.2. The molecule has 0 aromatic carbocycles. The highest BCUT2D eigenvalue weighted by molar-refractivity contribution is 5.11. The van der Waals surface area contributed by atoms with Gasteiger partial charge in [0.25, 0.3) is 0 Å². The summed E-state index contributed by atoms with van der Waals surface area (Å²) in [5, 5.41) is 0. The van der Waals surface area contributed by atoms with Crippen molar-refractivity contribution in [2.24, 2.45) is 5.41 Å². The van der Waals surface area contributed by atoms with Crippen LogP contribution < -0.4 is 0 Å². The zero-order chi connectivity index (χ0) is 16.2. The van der Waals surface area contributed by atoms with E-state index in [1.54, 1.807) is 0 Å². The molecule has 4 heteroatoms. The molecule has 24 heavy (non-hydrogen) atoms. The lowest BCUT2D eigenvalue weighted by Gasteiger charge is -2.38. The van der Waals surface area contributed by atoms with Crippen molar-refractivity contribution in [3.05, 3.63) is 60.2 Å². The van der Waals surface area contributed by atoms with Crippen LogP contribution in [0.2, 0.25) is 0 Å². The van der Waals surface area contributed by atoms with Gasteiger partial charge in [-0.05, 0) is 61.5 Å². The minimum atomic E-state index is 0.358. The lowest BCUT2D eigenvalue weighted by atomic mass is 9.76. The molecule has 0 radical (unpaired) electrons. The first kappa shape index (κ1) is 15.7. The first-order valence-electron chi connectivity index (χ1n) is 8.94. The summed E-state index contributed by atoms with van der Waals surface area (Å²) < 4.78 is 6.15. The van der Waals surface area contributed by atoms with Crippen LogP contribution in [0.3, 0.4) is 0 Å². The number of ether oxygens (including phenoxy) is 1. The van der Waals surface area contributed by atoms with E-state index in [2.05, 4.69) is 33.1 Å². The molecule has 0 N–H and O–H groups in total. The van der Waals surface area contributed by atoms with Crippen molar-refractivity contribution < 1.29 is 4.74 Å². The maximum absolute atomic E-state index is 6.15. The third-order valence-electron chi connectivity index (χ3n) is 5.50. The minimum Gasteiger partial charge on any atom is -0.377 e. The summed E-state index contributed by atoms with van der Waals surface area (Å²) >= 11 is 0. The van der Waals surface area contributed by atoms with Gasteiger partial charge in [-0.1, -0.05) is 12.1 Å². The first-order chi connectivity index (χ1) is 11.8. The van der Waals surface area contributed by atoms with Crippen LogP contribution in [0.25, 0.3) is 0 Å². The van der Waals surface area contributed by atoms with Crippen LogP contribution in [-0.4, -0.2) is 40.7 Å². The Labute approximate surface area is 143 Å². The number of rotatable bonds is 4. The van der Waals surface area contributed by atoms with E-state index in [4.69, 9.17) is 4.74 Å². The van der Waals surface area contributed by atoms with Gasteiger partial charge in [-0.25, -0.2) is 0 Å². The van der Waals surface area contributed by atoms with Gasteiger partial charge in [0.15, 0.2) is 0 Å². The Hall–Kier alpha value is -1.78. The molecule has 0 amide bonds. The average molecular weight is 323 g/mol. The van der Waals surface area contributed by atoms with E-state index in [0.29, 0.717) is 11.5 Å². The summed E-state index contributed by atoms with van der Waals surface area (Å²) in [7, 11) is 0. The van der Waals surface area contributed by atoms with Gasteiger partial charge in [0.2, 0.25) is 0 Å². The van der Waals surface area contributed by atoms with Crippen molar-refractivity contribution in [1.82, 2.24) is 14.9 Å². The van der Waals surface area contributed by atoms with E-state index < -0.39 is 0 Å². The van der Waals surface area contributed by atoms with Crippen LogP contribution in [0.5, 0.6) is 0 Å². The molecule has 0 unspecified atom stereocenters. The standard InChI is InChI=1S/C20H25N3O/c1-2-9-22-18(5-1)15-23-10-6-20(7-11-23)13-19(24-16-20)12-17-4-3-8-21-14-17/h1-5,8-9,14,19H,6-7,10-13,15-16H2/t19-/m1/s1. The van der Waals surface area contributed by atoms with Crippen LogP contribution in [0.4, 0.5) is 0 Å². The molecule has 2 aliphatic rings. The smallest absolute Gasteiger partial charge is 0.0622 e. The summed E-state index contributed by atoms with van der Waals surface area (Å²) in [5.41, 5.74) is 2.85. The van der Waals surface area contributed by atoms with Gasteiger partial charge in [-0.3, -0.25) is 14.9 Å². The number of piperidine rings is 1. The van der Waals surface area contributed by atoms with Crippen molar-refractivity contribution in [2.45, 2.75) is 38.3 Å². The van der Waals surface area contributed by atoms with Crippen molar-refractivity contribution >= 4 is 0 Å². The minimum absolute atomic E-state index is 0.358. The van der Waals surface area contributed by atoms with Crippen LogP contribution in [-0.2, 0) is 17.7 Å². The van der Waals surface area contributed by atoms with E-state index in [1.165, 1.54) is 30.5 Å². The van der Waals surface area contributed by atoms with Gasteiger partial charge in [0, 0.05) is 31.6 Å². The second kappa shape index (κ2) is 6.99. The monoisotopic (exact) mass is 323 g/mol. The summed E-state index contributed by atoms with van der Waals surface area (Å²) in [6.07, 6.45) is 10.7. The number of aromatic nitrogens is 2. The van der Waals surface area contributed by atoms with Crippen molar-refractivity contribution in [2.75, 3.05) is 19.7 Å². The predicted molar refractivity (Wildman–Crippen MR) is 93.5 cm³/mol. The molecule has 1 spiro atoms. The first-order valence-corrected chi connectivity index (χ1v) is 8.94. The molecule has 126 valence electrons. The Balaban J connectivity index is 1.29. The third kappa shape index (κ3) is 3.65. The Morgan fingerprint density at radius 3 is 2.79 bits per heavy atom. The molecule has 4 heterocycles. The summed E-state index contributed by atoms with van der Waals surface area (Å²) in [6, 6.07) is 10.3. The Morgan fingerprint density at radius 2 is 2.04 bits per heavy atom. The molecule has 0 saturated carbocycles. The second-order valence-corrected chi connectivity index (χ2v) is 7.30. The maximum Gasteiger partial charge on any atom is 0.0622 e. The Kier molecular flexibility index (Phi) is 4.58. The van der Waals surface area contributed by atoms with E-state index in [9.17, 15) is 0 Å². The molecule has 1 atom stereocenters. The Morgan fingerprint density at radius 1 is 1.12 bits per heavy atom. The van der Waals surface area contributed by atoms with Crippen LogP contribution in [0.1, 0.15) is 30.5 Å². The molecule has 2 saturated heterocycles. The molecule has 2 aliphatic heterocycles. The zero-order valence-electron chi connectivity index (χ0n) is 14.1. The van der Waals surface area contributed by atoms with Crippen molar-refractivity contribution in [3.8, 4) is 0 Å². The number of likely N-dealkylation sites (tertiary alicyclic amines) is 1. The highest BCUT2D eigenvalue weighted by atomic mass is 16.5. The molecule has 4 nitrogen and oxygen atoms in total. The molecular weight excluding hydrogens is 298 g/mol. The lowest BCUT2D eigenvalue weighted by Crippen LogP contribution is -2.40. The van der Waals surface area contributed by atoms with Gasteiger partial charge in [0.05, 0.1) is 18.4 Å². The fourth-order valence-electron chi connectivity index (χ4n) is 4.06. The fourth-order valence-corrected chi connectivity index (χ4v) is 4.06. The maximum atomic E-state index is 6.15. The summed E-state index contributed by atoms with van der Waals surface area (Å²) in [6.45, 7) is 4.20. The van der Waals surface area contributed by atoms with Gasteiger partial charge < -0.3 is 4.74 Å². The van der Waals surface area contributed by atoms with Crippen molar-refractivity contribution in [1.29, 1.82) is 0 Å². The highest BCUT2D eigenvalue weighted by Gasteiger charge is 2.42. The molecule has 2 aromatic heterocycles. The SMILES string of the molecule is c1ccc(CN2CCC3(CC2)CO[C@H](Cc2cccnc2)C3)nc1. The topological polar surface area (TPSA) is 38.2 Å². The van der Waals surface area contributed by atoms with E-state index in [0.717, 1.165) is 32.7 Å². The van der Waals surface area contributed by atoms with Gasteiger partial charge in [-0.2, -0.15) is 0 Å². The van der Waals surface area contributed by atoms with E-state index in [-0.39, 0.29) is 0 Å². The zero-order valence-corrected chi connectivity index (χ0v) is 14.1. The average Bonchev–Trinajstić information content (AvgIpc) is 3.01. The van der Waals surface area contributed by atoms with Gasteiger partial charge >= 0.3 is 0 Å². The third-order valence-corrected chi connectivity index (χ3v) is 5.50. The second-order valence-electron chi connectivity index (χ2n) is 7.30. The molecule has 2 fully saturated rings. The van der Waals surface area contributed by atoms with Crippen LogP contribution in [0, 0.1) is 5.41 Å². The van der Waals surface area contributed by atoms with Gasteiger partial charge in [-0.15, -0.1) is 0 Å². The quantitative estimate of drug-likeness (QED) is 0.867. The van der Waals surface area contributed by atoms with Crippen LogP contribution in [0.15, 0.2) is 48.9 Å². The normalized spacial score (nSPS) is 23.6. The van der Waals surface area contributed by atoms with Crippen molar-refractivity contribution in [3.63, 3.8) is 0 Å². The van der Waals surface area contributed by atoms with E-state index >= 15 is 0 Å². The number of hydrogen-bond acceptors (Lipinski definition) is 4. The van der Waals surface area contributed by atoms with Crippen LogP contribution >= 0.6 is 0 Å². The van der Waals surface area contributed by atoms with Gasteiger partial charge in [0.1, 0.15) is 0 Å².